The maximum atomic E-state index is 13.3. The van der Waals surface area contributed by atoms with E-state index >= 15 is 0 Å². The van der Waals surface area contributed by atoms with Gasteiger partial charge in [-0.25, -0.2) is 4.79 Å². The molecule has 3 heterocycles. The Morgan fingerprint density at radius 3 is 2.41 bits per heavy atom. The van der Waals surface area contributed by atoms with Gasteiger partial charge in [0.25, 0.3) is 11.5 Å². The minimum absolute atomic E-state index is 0.0211. The molecule has 6 rings (SSSR count). The van der Waals surface area contributed by atoms with Gasteiger partial charge in [0.2, 0.25) is 0 Å². The van der Waals surface area contributed by atoms with E-state index in [1.54, 1.807) is 71.3 Å². The van der Waals surface area contributed by atoms with E-state index < -0.39 is 11.2 Å². The molecule has 2 aromatic heterocycles. The molecule has 0 unspecified atom stereocenters. The Labute approximate surface area is 286 Å². The number of rotatable bonds is 7. The highest BCUT2D eigenvalue weighted by atomic mass is 35.5. The topological polar surface area (TPSA) is 101 Å². The third-order valence-corrected chi connectivity index (χ3v) is 9.33. The second-order valence-corrected chi connectivity index (χ2v) is 13.1. The summed E-state index contributed by atoms with van der Waals surface area (Å²) in [6.45, 7) is 0.0874. The smallest absolute Gasteiger partial charge is 0.332 e. The van der Waals surface area contributed by atoms with E-state index in [4.69, 9.17) is 56.5 Å². The summed E-state index contributed by atoms with van der Waals surface area (Å²) in [7, 11) is 4.38. The minimum atomic E-state index is -0.553. The molecular weight excluding hydrogens is 693 g/mol. The number of nitrogens with zero attached hydrogens (tertiary/aromatic N) is 5. The zero-order valence-electron chi connectivity index (χ0n) is 24.3. The molecule has 0 aliphatic carbocycles. The molecule has 15 heteroatoms. The third kappa shape index (κ3) is 5.82. The summed E-state index contributed by atoms with van der Waals surface area (Å²) >= 11 is 25.4. The standard InChI is InChI=1S/C31H22Cl3N5O5S2/c1-36-26-25(28(41)37(2)30(36)42)38(15-17-8-9-19(33)14-21(17)34)29(35-26)44-22-10-7-16(11-23(22)43-3)12-24-27(40)39(31(45)46-24)20-6-4-5-18(32)13-20/h4-14H,15H2,1-3H3/b24-12+. The van der Waals surface area contributed by atoms with E-state index in [1.807, 2.05) is 0 Å². The lowest BCUT2D eigenvalue weighted by atomic mass is 10.2. The van der Waals surface area contributed by atoms with E-state index in [0.717, 1.165) is 4.57 Å². The Hall–Kier alpha value is -4.07. The number of benzene rings is 3. The van der Waals surface area contributed by atoms with Gasteiger partial charge in [0, 0.05) is 29.2 Å². The molecule has 46 heavy (non-hydrogen) atoms. The van der Waals surface area contributed by atoms with E-state index in [-0.39, 0.29) is 35.4 Å². The number of carbonyl (C=O) groups is 1. The van der Waals surface area contributed by atoms with Gasteiger partial charge in [0.05, 0.1) is 24.2 Å². The van der Waals surface area contributed by atoms with Crippen LogP contribution in [-0.4, -0.2) is 36.0 Å². The van der Waals surface area contributed by atoms with Crippen LogP contribution in [0.25, 0.3) is 17.2 Å². The lowest BCUT2D eigenvalue weighted by Crippen LogP contribution is -2.37. The van der Waals surface area contributed by atoms with Gasteiger partial charge in [-0.2, -0.15) is 4.98 Å². The average Bonchev–Trinajstić information content (AvgIpc) is 3.52. The maximum Gasteiger partial charge on any atom is 0.332 e. The average molecular weight is 715 g/mol. The third-order valence-electron chi connectivity index (χ3n) is 7.20. The first-order valence-electron chi connectivity index (χ1n) is 13.5. The van der Waals surface area contributed by atoms with E-state index in [1.165, 1.54) is 42.4 Å². The Morgan fingerprint density at radius 1 is 0.935 bits per heavy atom. The largest absolute Gasteiger partial charge is 0.493 e. The molecule has 1 saturated heterocycles. The number of halogens is 3. The lowest BCUT2D eigenvalue weighted by molar-refractivity contribution is -0.113. The molecule has 3 aromatic carbocycles. The number of aryl methyl sites for hydroxylation is 1. The van der Waals surface area contributed by atoms with Crippen molar-refractivity contribution in [3.05, 3.63) is 113 Å². The highest BCUT2D eigenvalue weighted by molar-refractivity contribution is 8.27. The van der Waals surface area contributed by atoms with Crippen LogP contribution in [0, 0.1) is 0 Å². The molecule has 0 atom stereocenters. The number of hydrogen-bond acceptors (Lipinski definition) is 8. The second kappa shape index (κ2) is 12.6. The summed E-state index contributed by atoms with van der Waals surface area (Å²) in [5, 5.41) is 1.32. The first-order valence-corrected chi connectivity index (χ1v) is 15.8. The normalized spacial score (nSPS) is 14.1. The number of fused-ring (bicyclic) bond motifs is 1. The van der Waals surface area contributed by atoms with Crippen molar-refractivity contribution >= 4 is 91.9 Å². The Bertz CT molecular complexity index is 2240. The summed E-state index contributed by atoms with van der Waals surface area (Å²) in [4.78, 5) is 45.7. The molecule has 1 amide bonds. The summed E-state index contributed by atoms with van der Waals surface area (Å²) in [6, 6.07) is 17.0. The van der Waals surface area contributed by atoms with Gasteiger partial charge in [-0.1, -0.05) is 77.0 Å². The van der Waals surface area contributed by atoms with Crippen molar-refractivity contribution in [3.63, 3.8) is 0 Å². The Kier molecular flexibility index (Phi) is 8.75. The van der Waals surface area contributed by atoms with Crippen LogP contribution in [0.15, 0.2) is 75.2 Å². The predicted molar refractivity (Wildman–Crippen MR) is 186 cm³/mol. The van der Waals surface area contributed by atoms with Crippen LogP contribution in [0.3, 0.4) is 0 Å². The van der Waals surface area contributed by atoms with Gasteiger partial charge in [-0.15, -0.1) is 0 Å². The quantitative estimate of drug-likeness (QED) is 0.137. The van der Waals surface area contributed by atoms with Crippen LogP contribution < -0.4 is 25.6 Å². The first kappa shape index (κ1) is 31.9. The van der Waals surface area contributed by atoms with Crippen LogP contribution in [0.2, 0.25) is 15.1 Å². The molecule has 0 radical (unpaired) electrons. The number of thioether (sulfide) groups is 1. The number of anilines is 1. The van der Waals surface area contributed by atoms with Gasteiger partial charge < -0.3 is 9.47 Å². The van der Waals surface area contributed by atoms with Crippen LogP contribution in [-0.2, 0) is 25.4 Å². The summed E-state index contributed by atoms with van der Waals surface area (Å²) in [6.07, 6.45) is 1.70. The van der Waals surface area contributed by atoms with Gasteiger partial charge in [-0.05, 0) is 59.7 Å². The minimum Gasteiger partial charge on any atom is -0.493 e. The number of aromatic nitrogens is 4. The van der Waals surface area contributed by atoms with E-state index in [9.17, 15) is 14.4 Å². The van der Waals surface area contributed by atoms with Crippen molar-refractivity contribution in [3.8, 4) is 17.5 Å². The zero-order valence-corrected chi connectivity index (χ0v) is 28.2. The van der Waals surface area contributed by atoms with Gasteiger partial charge in [0.15, 0.2) is 27.0 Å². The maximum absolute atomic E-state index is 13.3. The van der Waals surface area contributed by atoms with Gasteiger partial charge in [-0.3, -0.25) is 28.2 Å². The number of amides is 1. The predicted octanol–water partition coefficient (Wildman–Crippen LogP) is 6.65. The molecule has 0 spiro atoms. The number of hydrogen-bond donors (Lipinski definition) is 0. The SMILES string of the molecule is COc1cc(/C=C2/SC(=S)N(c3cccc(Cl)c3)C2=O)ccc1Oc1nc2c(c(=O)n(C)c(=O)n2C)n1Cc1ccc(Cl)cc1Cl. The summed E-state index contributed by atoms with van der Waals surface area (Å²) in [5.74, 6) is 0.314. The van der Waals surface area contributed by atoms with Crippen molar-refractivity contribution in [2.75, 3.05) is 12.0 Å². The van der Waals surface area contributed by atoms with Crippen LogP contribution >= 0.6 is 58.8 Å². The molecule has 0 saturated carbocycles. The van der Waals surface area contributed by atoms with Crippen molar-refractivity contribution < 1.29 is 14.3 Å². The number of thiocarbonyl (C=S) groups is 1. The van der Waals surface area contributed by atoms with Crippen LogP contribution in [0.5, 0.6) is 17.5 Å². The summed E-state index contributed by atoms with van der Waals surface area (Å²) < 4.78 is 16.1. The molecule has 0 bridgehead atoms. The van der Waals surface area contributed by atoms with Crippen molar-refractivity contribution in [1.29, 1.82) is 0 Å². The van der Waals surface area contributed by atoms with Gasteiger partial charge >= 0.3 is 11.7 Å². The molecule has 10 nitrogen and oxygen atoms in total. The monoisotopic (exact) mass is 713 g/mol. The number of ether oxygens (including phenoxy) is 2. The fourth-order valence-electron chi connectivity index (χ4n) is 4.88. The Balaban J connectivity index is 1.38. The zero-order chi connectivity index (χ0) is 32.9. The van der Waals surface area contributed by atoms with Crippen LogP contribution in [0.1, 0.15) is 11.1 Å². The number of imidazole rings is 1. The summed E-state index contributed by atoms with van der Waals surface area (Å²) in [5.41, 5.74) is 1.05. The second-order valence-electron chi connectivity index (χ2n) is 10.1. The lowest BCUT2D eigenvalue weighted by Gasteiger charge is -2.14. The Morgan fingerprint density at radius 2 is 1.70 bits per heavy atom. The number of methoxy groups -OCH3 is 1. The molecule has 1 aliphatic rings. The van der Waals surface area contributed by atoms with Crippen molar-refractivity contribution in [1.82, 2.24) is 18.7 Å². The number of carbonyl (C=O) groups excluding carboxylic acids is 1. The molecular formula is C31H22Cl3N5O5S2. The first-order chi connectivity index (χ1) is 22.0. The fraction of sp³-hybridized carbons (Fsp3) is 0.129. The van der Waals surface area contributed by atoms with Crippen LogP contribution in [0.4, 0.5) is 5.69 Å². The fourth-order valence-corrected chi connectivity index (χ4v) is 6.84. The van der Waals surface area contributed by atoms with Crippen molar-refractivity contribution in [2.24, 2.45) is 14.1 Å². The molecule has 1 aliphatic heterocycles. The van der Waals surface area contributed by atoms with E-state index in [0.29, 0.717) is 46.9 Å². The van der Waals surface area contributed by atoms with E-state index in [2.05, 4.69) is 4.98 Å². The molecule has 234 valence electrons. The molecule has 5 aromatic rings. The van der Waals surface area contributed by atoms with Crippen molar-refractivity contribution in [2.45, 2.75) is 6.54 Å². The molecule has 0 N–H and O–H groups in total. The molecule has 1 fully saturated rings. The van der Waals surface area contributed by atoms with Gasteiger partial charge in [0.1, 0.15) is 0 Å². The highest BCUT2D eigenvalue weighted by Gasteiger charge is 2.33. The highest BCUT2D eigenvalue weighted by Crippen LogP contribution is 2.39.